The highest BCUT2D eigenvalue weighted by atomic mass is 32.3. The van der Waals surface area contributed by atoms with Crippen LogP contribution in [0.5, 0.6) is 0 Å². The van der Waals surface area contributed by atoms with Crippen molar-refractivity contribution in [1.82, 2.24) is 19.9 Å². The lowest BCUT2D eigenvalue weighted by atomic mass is 9.84. The molecule has 1 aromatic carbocycles. The summed E-state index contributed by atoms with van der Waals surface area (Å²) < 4.78 is 69.8. The molecule has 9 nitrogen and oxygen atoms in total. The van der Waals surface area contributed by atoms with Gasteiger partial charge in [0.15, 0.2) is 5.82 Å². The first-order chi connectivity index (χ1) is 17.1. The van der Waals surface area contributed by atoms with E-state index in [9.17, 15) is 27.1 Å². The van der Waals surface area contributed by atoms with Gasteiger partial charge in [-0.2, -0.15) is 28.7 Å². The van der Waals surface area contributed by atoms with Crippen LogP contribution in [0.4, 0.5) is 18.0 Å². The summed E-state index contributed by atoms with van der Waals surface area (Å²) in [5, 5.41) is 4.02. The normalized spacial score (nSPS) is 23.5. The summed E-state index contributed by atoms with van der Waals surface area (Å²) in [5.41, 5.74) is -0.0379. The van der Waals surface area contributed by atoms with Crippen LogP contribution in [0.2, 0.25) is 0 Å². The number of ether oxygens (including phenoxy) is 1. The van der Waals surface area contributed by atoms with Gasteiger partial charge in [-0.3, -0.25) is 9.11 Å². The molecule has 200 valence electrons. The van der Waals surface area contributed by atoms with Gasteiger partial charge in [-0.05, 0) is 31.0 Å². The Morgan fingerprint density at radius 1 is 1.14 bits per heavy atom. The predicted octanol–water partition coefficient (Wildman–Crippen LogP) is 4.43. The van der Waals surface area contributed by atoms with Crippen molar-refractivity contribution >= 4 is 16.6 Å². The smallest absolute Gasteiger partial charge is 0.381 e. The molecule has 2 amide bonds. The molecule has 0 bridgehead atoms. The first-order valence-electron chi connectivity index (χ1n) is 11.9. The average molecular weight is 533 g/mol. The van der Waals surface area contributed by atoms with Crippen molar-refractivity contribution in [2.45, 2.75) is 37.8 Å². The van der Waals surface area contributed by atoms with Crippen LogP contribution in [0.3, 0.4) is 0 Å². The molecule has 2 N–H and O–H groups in total. The predicted molar refractivity (Wildman–Crippen MR) is 127 cm³/mol. The van der Waals surface area contributed by atoms with E-state index in [0.717, 1.165) is 12.1 Å². The monoisotopic (exact) mass is 532 g/mol. The molecule has 2 atom stereocenters. The highest BCUT2D eigenvalue weighted by Crippen LogP contribution is 2.41. The molecule has 2 aromatic rings. The number of hydrogen-bond donors (Lipinski definition) is 2. The van der Waals surface area contributed by atoms with Crippen molar-refractivity contribution in [2.75, 3.05) is 50.9 Å². The zero-order chi connectivity index (χ0) is 25.9. The Balaban J connectivity index is 1.54. The van der Waals surface area contributed by atoms with E-state index in [1.165, 1.54) is 12.1 Å². The number of benzene rings is 1. The Hall–Kier alpha value is -2.35. The van der Waals surface area contributed by atoms with Gasteiger partial charge in [0, 0.05) is 45.1 Å². The molecule has 0 aliphatic carbocycles. The third kappa shape index (κ3) is 6.50. The molecule has 2 saturated heterocycles. The van der Waals surface area contributed by atoms with Crippen LogP contribution < -0.4 is 0 Å². The molecule has 3 heterocycles. The number of urea groups is 1. The van der Waals surface area contributed by atoms with Gasteiger partial charge in [0.25, 0.3) is 0 Å². The minimum absolute atomic E-state index is 0.130. The molecule has 1 aromatic heterocycles. The first-order valence-corrected chi connectivity index (χ1v) is 13.8. The van der Waals surface area contributed by atoms with Crippen LogP contribution in [0.1, 0.15) is 48.0 Å². The van der Waals surface area contributed by atoms with Crippen LogP contribution in [-0.2, 0) is 17.3 Å². The van der Waals surface area contributed by atoms with E-state index in [-0.39, 0.29) is 42.5 Å². The Kier molecular flexibility index (Phi) is 8.12. The molecule has 2 aliphatic rings. The summed E-state index contributed by atoms with van der Waals surface area (Å²) >= 11 is 0. The largest absolute Gasteiger partial charge is 0.416 e. The summed E-state index contributed by atoms with van der Waals surface area (Å²) in [4.78, 5) is 21.1. The van der Waals surface area contributed by atoms with E-state index in [0.29, 0.717) is 56.4 Å². The Bertz CT molecular complexity index is 1020. The summed E-state index contributed by atoms with van der Waals surface area (Å²) in [6.07, 6.45) is -3.42. The molecule has 36 heavy (non-hydrogen) atoms. The molecule has 0 radical (unpaired) electrons. The number of carbonyl (C=O) groups excluding carboxylic acids is 1. The number of halogens is 3. The van der Waals surface area contributed by atoms with E-state index in [1.807, 2.05) is 6.92 Å². The zero-order valence-corrected chi connectivity index (χ0v) is 20.8. The first kappa shape index (κ1) is 26.7. The summed E-state index contributed by atoms with van der Waals surface area (Å²) in [6, 6.07) is 4.77. The van der Waals surface area contributed by atoms with E-state index in [2.05, 4.69) is 10.1 Å². The Labute approximate surface area is 208 Å². The second-order valence-corrected chi connectivity index (χ2v) is 11.6. The fraction of sp³-hybridized carbons (Fsp3) is 0.609. The van der Waals surface area contributed by atoms with Gasteiger partial charge in [-0.25, -0.2) is 4.79 Å². The van der Waals surface area contributed by atoms with Crippen molar-refractivity contribution in [3.8, 4) is 0 Å². The van der Waals surface area contributed by atoms with Crippen LogP contribution >= 0.6 is 10.6 Å². The number of hydrogen-bond acceptors (Lipinski definition) is 7. The average Bonchev–Trinajstić information content (AvgIpc) is 3.32. The molecular formula is C23H31F3N4O5S. The number of rotatable bonds is 6. The lowest BCUT2D eigenvalue weighted by Crippen LogP contribution is -2.52. The van der Waals surface area contributed by atoms with Gasteiger partial charge < -0.3 is 19.1 Å². The number of alkyl halides is 3. The number of amides is 2. The number of aromatic nitrogens is 2. The van der Waals surface area contributed by atoms with Crippen molar-refractivity contribution in [1.29, 1.82) is 0 Å². The van der Waals surface area contributed by atoms with Crippen molar-refractivity contribution < 1.29 is 36.3 Å². The summed E-state index contributed by atoms with van der Waals surface area (Å²) in [7, 11) is -2.66. The maximum Gasteiger partial charge on any atom is 0.416 e. The number of carbonyl (C=O) groups is 1. The molecule has 2 unspecified atom stereocenters. The molecule has 2 fully saturated rings. The van der Waals surface area contributed by atoms with E-state index < -0.39 is 22.3 Å². The summed E-state index contributed by atoms with van der Waals surface area (Å²) in [6.45, 7) is 4.01. The van der Waals surface area contributed by atoms with Gasteiger partial charge in [-0.1, -0.05) is 17.3 Å². The number of piperidine rings is 1. The SMILES string of the molecule is CCOCCc1noc(C2CC(c3ccc(C(F)(F)F)cc3)CN(C(=O)N3CCS(O)(O)CC3)C2)n1. The van der Waals surface area contributed by atoms with E-state index >= 15 is 0 Å². The third-order valence-electron chi connectivity index (χ3n) is 6.58. The molecule has 2 aliphatic heterocycles. The van der Waals surface area contributed by atoms with E-state index in [1.54, 1.807) is 9.80 Å². The standard InChI is InChI=1S/C23H31F3N4O5S/c1-2-34-10-7-20-27-21(35-28-20)18-13-17(16-3-5-19(6-4-16)23(24,25)26)14-30(15-18)22(31)29-8-11-36(32,33)12-9-29/h3-6,17-18,32-33H,2,7-15H2,1H3. The second kappa shape index (κ2) is 11.0. The number of nitrogens with zero attached hydrogens (tertiary/aromatic N) is 4. The van der Waals surface area contributed by atoms with Gasteiger partial charge in [-0.15, -0.1) is 0 Å². The minimum atomic E-state index is -4.43. The maximum atomic E-state index is 13.3. The van der Waals surface area contributed by atoms with Gasteiger partial charge >= 0.3 is 12.2 Å². The Morgan fingerprint density at radius 2 is 1.81 bits per heavy atom. The molecule has 4 rings (SSSR count). The topological polar surface area (TPSA) is 112 Å². The minimum Gasteiger partial charge on any atom is -0.381 e. The van der Waals surface area contributed by atoms with E-state index in [4.69, 9.17) is 9.26 Å². The highest BCUT2D eigenvalue weighted by Gasteiger charge is 2.38. The molecule has 0 spiro atoms. The quantitative estimate of drug-likeness (QED) is 0.530. The number of likely N-dealkylation sites (tertiary alicyclic amines) is 1. The van der Waals surface area contributed by atoms with Crippen LogP contribution in [0.25, 0.3) is 0 Å². The molecule has 13 heteroatoms. The van der Waals surface area contributed by atoms with Crippen molar-refractivity contribution in [3.05, 3.63) is 47.1 Å². The van der Waals surface area contributed by atoms with Crippen molar-refractivity contribution in [2.24, 2.45) is 0 Å². The molecular weight excluding hydrogens is 501 g/mol. The molecule has 0 saturated carbocycles. The summed E-state index contributed by atoms with van der Waals surface area (Å²) in [5.74, 6) is 0.599. The Morgan fingerprint density at radius 3 is 2.44 bits per heavy atom. The third-order valence-corrected chi connectivity index (χ3v) is 8.26. The fourth-order valence-corrected chi connectivity index (χ4v) is 5.81. The van der Waals surface area contributed by atoms with Crippen LogP contribution in [0, 0.1) is 0 Å². The zero-order valence-electron chi connectivity index (χ0n) is 20.0. The van der Waals surface area contributed by atoms with Gasteiger partial charge in [0.2, 0.25) is 5.89 Å². The van der Waals surface area contributed by atoms with Crippen LogP contribution in [0.15, 0.2) is 28.8 Å². The van der Waals surface area contributed by atoms with Crippen LogP contribution in [-0.4, -0.2) is 86.0 Å². The highest BCUT2D eigenvalue weighted by molar-refractivity contribution is 8.24. The van der Waals surface area contributed by atoms with Crippen molar-refractivity contribution in [3.63, 3.8) is 0 Å². The second-order valence-electron chi connectivity index (χ2n) is 9.13. The lowest BCUT2D eigenvalue weighted by molar-refractivity contribution is -0.137. The van der Waals surface area contributed by atoms with Gasteiger partial charge in [0.1, 0.15) is 0 Å². The fourth-order valence-electron chi connectivity index (χ4n) is 4.58. The maximum absolute atomic E-state index is 13.3. The van der Waals surface area contributed by atoms with Gasteiger partial charge in [0.05, 0.1) is 29.6 Å². The lowest BCUT2D eigenvalue weighted by Gasteiger charge is -2.44.